The highest BCUT2D eigenvalue weighted by molar-refractivity contribution is 6.32. The molecule has 0 radical (unpaired) electrons. The van der Waals surface area contributed by atoms with Gasteiger partial charge >= 0.3 is 0 Å². The first kappa shape index (κ1) is 15.2. The molecule has 1 heterocycles. The number of benzene rings is 2. The molecule has 0 saturated carbocycles. The Kier molecular flexibility index (Phi) is 3.88. The van der Waals surface area contributed by atoms with E-state index < -0.39 is 17.2 Å². The largest absolute Gasteiger partial charge is 0.360 e. The third kappa shape index (κ3) is 2.83. The molecule has 2 N–H and O–H groups in total. The SMILES string of the molecule is Cc1c(Cl)ccc2c(=O)c(C(=O)Nc3ccc(F)cc3)c[nH]c12. The maximum atomic E-state index is 12.9. The van der Waals surface area contributed by atoms with E-state index in [4.69, 9.17) is 11.6 Å². The third-order valence-corrected chi connectivity index (χ3v) is 4.01. The summed E-state index contributed by atoms with van der Waals surface area (Å²) < 4.78 is 12.9. The Balaban J connectivity index is 2.01. The van der Waals surface area contributed by atoms with E-state index >= 15 is 0 Å². The molecule has 0 aliphatic rings. The summed E-state index contributed by atoms with van der Waals surface area (Å²) in [6, 6.07) is 8.50. The number of aromatic amines is 1. The standard InChI is InChI=1S/C17H12ClFN2O2/c1-9-14(18)7-6-12-15(9)20-8-13(16(12)22)17(23)21-11-4-2-10(19)3-5-11/h2-8H,1H3,(H,20,22)(H,21,23). The lowest BCUT2D eigenvalue weighted by molar-refractivity contribution is 0.102. The van der Waals surface area contributed by atoms with E-state index in [2.05, 4.69) is 10.3 Å². The molecule has 0 aliphatic carbocycles. The lowest BCUT2D eigenvalue weighted by atomic mass is 10.1. The van der Waals surface area contributed by atoms with Crippen LogP contribution in [0, 0.1) is 12.7 Å². The van der Waals surface area contributed by atoms with Gasteiger partial charge in [0, 0.05) is 22.3 Å². The predicted octanol–water partition coefficient (Wildman–Crippen LogP) is 3.88. The van der Waals surface area contributed by atoms with Crippen LogP contribution in [0.5, 0.6) is 0 Å². The third-order valence-electron chi connectivity index (χ3n) is 3.60. The first-order valence-electron chi connectivity index (χ1n) is 6.85. The van der Waals surface area contributed by atoms with Gasteiger partial charge in [-0.15, -0.1) is 0 Å². The smallest absolute Gasteiger partial charge is 0.261 e. The number of amides is 1. The molecule has 1 amide bonds. The number of hydrogen-bond acceptors (Lipinski definition) is 2. The summed E-state index contributed by atoms with van der Waals surface area (Å²) in [4.78, 5) is 27.7. The number of aromatic nitrogens is 1. The fourth-order valence-corrected chi connectivity index (χ4v) is 2.47. The molecule has 6 heteroatoms. The number of rotatable bonds is 2. The topological polar surface area (TPSA) is 62.0 Å². The van der Waals surface area contributed by atoms with Crippen LogP contribution in [0.2, 0.25) is 5.02 Å². The maximum Gasteiger partial charge on any atom is 0.261 e. The molecular weight excluding hydrogens is 319 g/mol. The Labute approximate surface area is 135 Å². The first-order chi connectivity index (χ1) is 11.0. The molecule has 2 aromatic carbocycles. The van der Waals surface area contributed by atoms with Crippen LogP contribution in [-0.2, 0) is 0 Å². The summed E-state index contributed by atoms with van der Waals surface area (Å²) in [5.41, 5.74) is 1.33. The van der Waals surface area contributed by atoms with E-state index in [0.29, 0.717) is 21.6 Å². The Bertz CT molecular complexity index is 965. The fourth-order valence-electron chi connectivity index (χ4n) is 2.32. The molecule has 0 fully saturated rings. The van der Waals surface area contributed by atoms with Crippen LogP contribution in [0.15, 0.2) is 47.4 Å². The van der Waals surface area contributed by atoms with Gasteiger partial charge in [0.25, 0.3) is 5.91 Å². The molecule has 0 spiro atoms. The Morgan fingerprint density at radius 2 is 1.87 bits per heavy atom. The van der Waals surface area contributed by atoms with Gasteiger partial charge in [-0.3, -0.25) is 9.59 Å². The number of aryl methyl sites for hydroxylation is 1. The average Bonchev–Trinajstić information content (AvgIpc) is 2.53. The van der Waals surface area contributed by atoms with Crippen LogP contribution in [0.25, 0.3) is 10.9 Å². The summed E-state index contributed by atoms with van der Waals surface area (Å²) in [5, 5.41) is 3.49. The Morgan fingerprint density at radius 1 is 1.17 bits per heavy atom. The normalized spacial score (nSPS) is 10.7. The van der Waals surface area contributed by atoms with Crippen molar-refractivity contribution in [2.24, 2.45) is 0 Å². The molecule has 0 atom stereocenters. The monoisotopic (exact) mass is 330 g/mol. The summed E-state index contributed by atoms with van der Waals surface area (Å²) in [7, 11) is 0. The summed E-state index contributed by atoms with van der Waals surface area (Å²) in [6.07, 6.45) is 1.35. The minimum atomic E-state index is -0.563. The van der Waals surface area contributed by atoms with E-state index in [-0.39, 0.29) is 5.56 Å². The van der Waals surface area contributed by atoms with Crippen molar-refractivity contribution < 1.29 is 9.18 Å². The van der Waals surface area contributed by atoms with Crippen molar-refractivity contribution >= 4 is 34.1 Å². The molecule has 0 bridgehead atoms. The molecule has 0 unspecified atom stereocenters. The average molecular weight is 331 g/mol. The molecule has 1 aromatic heterocycles. The van der Waals surface area contributed by atoms with E-state index in [1.54, 1.807) is 19.1 Å². The van der Waals surface area contributed by atoms with Crippen LogP contribution in [0.3, 0.4) is 0 Å². The maximum absolute atomic E-state index is 12.9. The molecule has 116 valence electrons. The van der Waals surface area contributed by atoms with Gasteiger partial charge in [-0.25, -0.2) is 4.39 Å². The number of H-pyrrole nitrogens is 1. The molecule has 4 nitrogen and oxygen atoms in total. The zero-order chi connectivity index (χ0) is 16.6. The van der Waals surface area contributed by atoms with E-state index in [0.717, 1.165) is 5.56 Å². The van der Waals surface area contributed by atoms with Gasteiger partial charge in [0.2, 0.25) is 5.43 Å². The van der Waals surface area contributed by atoms with Gasteiger partial charge in [0.1, 0.15) is 11.4 Å². The minimum Gasteiger partial charge on any atom is -0.360 e. The summed E-state index contributed by atoms with van der Waals surface area (Å²) in [6.45, 7) is 1.79. The Hall–Kier alpha value is -2.66. The number of anilines is 1. The number of hydrogen-bond donors (Lipinski definition) is 2. The quantitative estimate of drug-likeness (QED) is 0.749. The number of halogens is 2. The van der Waals surface area contributed by atoms with Crippen LogP contribution in [0.4, 0.5) is 10.1 Å². The predicted molar refractivity (Wildman–Crippen MR) is 88.7 cm³/mol. The lowest BCUT2D eigenvalue weighted by Crippen LogP contribution is -2.22. The van der Waals surface area contributed by atoms with E-state index in [1.165, 1.54) is 30.5 Å². The number of nitrogens with one attached hydrogen (secondary N) is 2. The van der Waals surface area contributed by atoms with Crippen molar-refractivity contribution in [2.75, 3.05) is 5.32 Å². The van der Waals surface area contributed by atoms with E-state index in [9.17, 15) is 14.0 Å². The highest BCUT2D eigenvalue weighted by Gasteiger charge is 2.14. The molecule has 23 heavy (non-hydrogen) atoms. The van der Waals surface area contributed by atoms with Crippen LogP contribution >= 0.6 is 11.6 Å². The van der Waals surface area contributed by atoms with Crippen LogP contribution in [0.1, 0.15) is 15.9 Å². The van der Waals surface area contributed by atoms with Gasteiger partial charge in [-0.1, -0.05) is 11.6 Å². The zero-order valence-electron chi connectivity index (χ0n) is 12.1. The molecule has 3 aromatic rings. The van der Waals surface area contributed by atoms with Crippen molar-refractivity contribution in [3.8, 4) is 0 Å². The molecule has 3 rings (SSSR count). The van der Waals surface area contributed by atoms with Crippen LogP contribution in [-0.4, -0.2) is 10.9 Å². The van der Waals surface area contributed by atoms with Gasteiger partial charge in [-0.05, 0) is 48.9 Å². The molecular formula is C17H12ClFN2O2. The number of carbonyl (C=O) groups excluding carboxylic acids is 1. The number of carbonyl (C=O) groups is 1. The molecule has 0 aliphatic heterocycles. The van der Waals surface area contributed by atoms with Gasteiger partial charge < -0.3 is 10.3 Å². The van der Waals surface area contributed by atoms with Gasteiger partial charge in [0.15, 0.2) is 0 Å². The fraction of sp³-hybridized carbons (Fsp3) is 0.0588. The number of fused-ring (bicyclic) bond motifs is 1. The summed E-state index contributed by atoms with van der Waals surface area (Å²) >= 11 is 6.03. The lowest BCUT2D eigenvalue weighted by Gasteiger charge is -2.08. The van der Waals surface area contributed by atoms with E-state index in [1.807, 2.05) is 0 Å². The number of pyridine rings is 1. The second-order valence-electron chi connectivity index (χ2n) is 5.09. The summed E-state index contributed by atoms with van der Waals surface area (Å²) in [5.74, 6) is -0.966. The molecule has 0 saturated heterocycles. The van der Waals surface area contributed by atoms with Crippen molar-refractivity contribution in [3.05, 3.63) is 74.8 Å². The Morgan fingerprint density at radius 3 is 2.57 bits per heavy atom. The minimum absolute atomic E-state index is 0.0245. The highest BCUT2D eigenvalue weighted by Crippen LogP contribution is 2.22. The van der Waals surface area contributed by atoms with Crippen molar-refractivity contribution in [1.29, 1.82) is 0 Å². The van der Waals surface area contributed by atoms with Crippen molar-refractivity contribution in [1.82, 2.24) is 4.98 Å². The second kappa shape index (κ2) is 5.85. The van der Waals surface area contributed by atoms with Gasteiger partial charge in [-0.2, -0.15) is 0 Å². The highest BCUT2D eigenvalue weighted by atomic mass is 35.5. The van der Waals surface area contributed by atoms with Crippen LogP contribution < -0.4 is 10.7 Å². The van der Waals surface area contributed by atoms with Gasteiger partial charge in [0.05, 0.1) is 5.52 Å². The van der Waals surface area contributed by atoms with Crippen molar-refractivity contribution in [2.45, 2.75) is 6.92 Å². The first-order valence-corrected chi connectivity index (χ1v) is 7.22. The zero-order valence-corrected chi connectivity index (χ0v) is 12.9. The van der Waals surface area contributed by atoms with Crippen molar-refractivity contribution in [3.63, 3.8) is 0 Å². The second-order valence-corrected chi connectivity index (χ2v) is 5.49.